The number of hydrogen-bond donors (Lipinski definition) is 2. The Balaban J connectivity index is 1.38. The average molecular weight is 416 g/mol. The highest BCUT2D eigenvalue weighted by Gasteiger charge is 2.21. The van der Waals surface area contributed by atoms with E-state index in [1.54, 1.807) is 7.11 Å². The fraction of sp³-hybridized carbons (Fsp3) is 0.545. The van der Waals surface area contributed by atoms with Crippen LogP contribution in [-0.2, 0) is 9.59 Å². The van der Waals surface area contributed by atoms with Gasteiger partial charge in [0, 0.05) is 52.1 Å². The van der Waals surface area contributed by atoms with Gasteiger partial charge in [-0.1, -0.05) is 6.92 Å². The van der Waals surface area contributed by atoms with Crippen molar-refractivity contribution in [2.24, 2.45) is 0 Å². The molecule has 164 valence electrons. The smallest absolute Gasteiger partial charge is 0.244 e. The van der Waals surface area contributed by atoms with Crippen molar-refractivity contribution in [3.05, 3.63) is 35.9 Å². The molecule has 2 aliphatic heterocycles. The summed E-state index contributed by atoms with van der Waals surface area (Å²) in [6.07, 6.45) is 2.47. The number of nitrogens with one attached hydrogen (secondary N) is 2. The van der Waals surface area contributed by atoms with Crippen molar-refractivity contribution in [1.29, 1.82) is 0 Å². The molecule has 8 heteroatoms. The maximum absolute atomic E-state index is 12.2. The maximum atomic E-state index is 12.2. The summed E-state index contributed by atoms with van der Waals surface area (Å²) in [7, 11) is 1.63. The molecule has 0 aromatic heterocycles. The number of methoxy groups -OCH3 is 1. The van der Waals surface area contributed by atoms with Crippen molar-refractivity contribution >= 4 is 17.5 Å². The van der Waals surface area contributed by atoms with Crippen molar-refractivity contribution < 1.29 is 14.3 Å². The zero-order valence-electron chi connectivity index (χ0n) is 18.0. The van der Waals surface area contributed by atoms with E-state index in [1.165, 1.54) is 5.01 Å². The van der Waals surface area contributed by atoms with Gasteiger partial charge in [0.1, 0.15) is 5.75 Å². The molecular formula is C22H33N5O3. The zero-order valence-corrected chi connectivity index (χ0v) is 18.0. The van der Waals surface area contributed by atoms with E-state index in [2.05, 4.69) is 27.5 Å². The molecule has 0 unspecified atom stereocenters. The number of nitrogens with zero attached hydrogens (tertiary/aromatic N) is 3. The number of hydrogen-bond acceptors (Lipinski definition) is 6. The quantitative estimate of drug-likeness (QED) is 0.625. The van der Waals surface area contributed by atoms with E-state index in [0.717, 1.165) is 56.3 Å². The largest absolute Gasteiger partial charge is 0.497 e. The molecule has 1 aromatic carbocycles. The van der Waals surface area contributed by atoms with Crippen LogP contribution in [0.3, 0.4) is 0 Å². The minimum absolute atomic E-state index is 0.0302. The third-order valence-corrected chi connectivity index (χ3v) is 5.66. The van der Waals surface area contributed by atoms with Gasteiger partial charge in [-0.15, -0.1) is 0 Å². The van der Waals surface area contributed by atoms with Gasteiger partial charge < -0.3 is 15.0 Å². The minimum atomic E-state index is -0.0335. The van der Waals surface area contributed by atoms with Crippen molar-refractivity contribution in [2.75, 3.05) is 59.5 Å². The van der Waals surface area contributed by atoms with Crippen LogP contribution in [0.25, 0.3) is 5.70 Å². The first-order valence-corrected chi connectivity index (χ1v) is 10.7. The predicted molar refractivity (Wildman–Crippen MR) is 117 cm³/mol. The number of amides is 2. The van der Waals surface area contributed by atoms with E-state index in [0.29, 0.717) is 19.5 Å². The van der Waals surface area contributed by atoms with Gasteiger partial charge in [-0.3, -0.25) is 24.9 Å². The number of piperazine rings is 1. The Morgan fingerprint density at radius 1 is 1.10 bits per heavy atom. The second-order valence-electron chi connectivity index (χ2n) is 7.58. The Bertz CT molecular complexity index is 742. The zero-order chi connectivity index (χ0) is 21.3. The Morgan fingerprint density at radius 2 is 1.80 bits per heavy atom. The molecule has 2 N–H and O–H groups in total. The monoisotopic (exact) mass is 415 g/mol. The molecule has 2 heterocycles. The van der Waals surface area contributed by atoms with E-state index in [4.69, 9.17) is 4.74 Å². The van der Waals surface area contributed by atoms with Crippen LogP contribution in [0.5, 0.6) is 5.75 Å². The van der Waals surface area contributed by atoms with E-state index >= 15 is 0 Å². The SMILES string of the molecule is CCN1CCN(CCNC(=O)CCN2NC(c3ccc(OC)cc3)=CCC2=O)CC1. The second kappa shape index (κ2) is 11.0. The number of rotatable bonds is 9. The highest BCUT2D eigenvalue weighted by molar-refractivity contribution is 5.84. The number of carbonyl (C=O) groups excluding carboxylic acids is 2. The molecule has 0 radical (unpaired) electrons. The Kier molecular flexibility index (Phi) is 8.10. The van der Waals surface area contributed by atoms with Crippen LogP contribution in [0.2, 0.25) is 0 Å². The molecule has 1 fully saturated rings. The second-order valence-corrected chi connectivity index (χ2v) is 7.58. The Hall–Kier alpha value is -2.58. The fourth-order valence-corrected chi connectivity index (χ4v) is 3.67. The molecule has 30 heavy (non-hydrogen) atoms. The van der Waals surface area contributed by atoms with Gasteiger partial charge in [-0.2, -0.15) is 0 Å². The standard InChI is InChI=1S/C22H33N5O3/c1-3-25-14-16-26(17-15-25)13-11-23-21(28)10-12-27-22(29)9-8-20(24-27)18-4-6-19(30-2)7-5-18/h4-8,24H,3,9-17H2,1-2H3,(H,23,28). The van der Waals surface area contributed by atoms with Crippen LogP contribution in [0.15, 0.2) is 30.3 Å². The van der Waals surface area contributed by atoms with Crippen molar-refractivity contribution in [2.45, 2.75) is 19.8 Å². The third-order valence-electron chi connectivity index (χ3n) is 5.66. The van der Waals surface area contributed by atoms with Crippen molar-refractivity contribution in [3.63, 3.8) is 0 Å². The van der Waals surface area contributed by atoms with Gasteiger partial charge in [0.15, 0.2) is 0 Å². The molecular weight excluding hydrogens is 382 g/mol. The summed E-state index contributed by atoms with van der Waals surface area (Å²) in [5.41, 5.74) is 4.98. The highest BCUT2D eigenvalue weighted by Crippen LogP contribution is 2.20. The molecule has 1 aromatic rings. The first kappa shape index (κ1) is 22.1. The lowest BCUT2D eigenvalue weighted by Crippen LogP contribution is -2.48. The Morgan fingerprint density at radius 3 is 2.47 bits per heavy atom. The molecule has 0 saturated carbocycles. The molecule has 2 aliphatic rings. The molecule has 0 spiro atoms. The van der Waals surface area contributed by atoms with E-state index in [9.17, 15) is 9.59 Å². The van der Waals surface area contributed by atoms with Crippen molar-refractivity contribution in [1.82, 2.24) is 25.6 Å². The number of carbonyl (C=O) groups is 2. The first-order valence-electron chi connectivity index (χ1n) is 10.7. The van der Waals surface area contributed by atoms with Gasteiger partial charge in [0.05, 0.1) is 19.4 Å². The average Bonchev–Trinajstić information content (AvgIpc) is 2.79. The summed E-state index contributed by atoms with van der Waals surface area (Å²) < 4.78 is 5.19. The summed E-state index contributed by atoms with van der Waals surface area (Å²) in [5.74, 6) is 0.721. The van der Waals surface area contributed by atoms with Crippen molar-refractivity contribution in [3.8, 4) is 5.75 Å². The lowest BCUT2D eigenvalue weighted by atomic mass is 10.1. The summed E-state index contributed by atoms with van der Waals surface area (Å²) >= 11 is 0. The summed E-state index contributed by atoms with van der Waals surface area (Å²) in [6, 6.07) is 7.65. The molecule has 0 atom stereocenters. The topological polar surface area (TPSA) is 77.2 Å². The Labute approximate surface area is 178 Å². The van der Waals surface area contributed by atoms with E-state index < -0.39 is 0 Å². The molecule has 3 rings (SSSR count). The van der Waals surface area contributed by atoms with E-state index in [1.807, 2.05) is 30.3 Å². The van der Waals surface area contributed by atoms with Crippen LogP contribution in [0.4, 0.5) is 0 Å². The molecule has 8 nitrogen and oxygen atoms in total. The third kappa shape index (κ3) is 6.21. The van der Waals surface area contributed by atoms with Crippen LogP contribution >= 0.6 is 0 Å². The first-order chi connectivity index (χ1) is 14.6. The predicted octanol–water partition coefficient (Wildman–Crippen LogP) is 0.917. The molecule has 2 amide bonds. The normalized spacial score (nSPS) is 18.0. The van der Waals surface area contributed by atoms with Crippen LogP contribution in [0.1, 0.15) is 25.3 Å². The maximum Gasteiger partial charge on any atom is 0.244 e. The minimum Gasteiger partial charge on any atom is -0.497 e. The lowest BCUT2D eigenvalue weighted by molar-refractivity contribution is -0.133. The van der Waals surface area contributed by atoms with Gasteiger partial charge in [-0.25, -0.2) is 0 Å². The van der Waals surface area contributed by atoms with Crippen LogP contribution in [0, 0.1) is 0 Å². The molecule has 0 aliphatic carbocycles. The summed E-state index contributed by atoms with van der Waals surface area (Å²) in [6.45, 7) is 9.43. The lowest BCUT2D eigenvalue weighted by Gasteiger charge is -2.34. The van der Waals surface area contributed by atoms with Gasteiger partial charge >= 0.3 is 0 Å². The number of benzene rings is 1. The van der Waals surface area contributed by atoms with Crippen LogP contribution < -0.4 is 15.5 Å². The fourth-order valence-electron chi connectivity index (χ4n) is 3.67. The summed E-state index contributed by atoms with van der Waals surface area (Å²) in [4.78, 5) is 29.3. The highest BCUT2D eigenvalue weighted by atomic mass is 16.5. The number of likely N-dealkylation sites (N-methyl/N-ethyl adjacent to an activating group) is 1. The molecule has 1 saturated heterocycles. The van der Waals surface area contributed by atoms with Gasteiger partial charge in [0.2, 0.25) is 11.8 Å². The molecule has 0 bridgehead atoms. The summed E-state index contributed by atoms with van der Waals surface area (Å²) in [5, 5.41) is 4.51. The van der Waals surface area contributed by atoms with Gasteiger partial charge in [-0.05, 0) is 42.4 Å². The number of ether oxygens (including phenoxy) is 1. The van der Waals surface area contributed by atoms with Crippen LogP contribution in [-0.4, -0.2) is 86.1 Å². The van der Waals surface area contributed by atoms with E-state index in [-0.39, 0.29) is 18.2 Å². The number of hydrazine groups is 1. The van der Waals surface area contributed by atoms with Gasteiger partial charge in [0.25, 0.3) is 0 Å².